The summed E-state index contributed by atoms with van der Waals surface area (Å²) >= 11 is 3.98. The number of hydrogen-bond acceptors (Lipinski definition) is 16. The summed E-state index contributed by atoms with van der Waals surface area (Å²) in [7, 11) is -3.67. The van der Waals surface area contributed by atoms with Crippen molar-refractivity contribution in [2.45, 2.75) is 96.0 Å². The van der Waals surface area contributed by atoms with Crippen LogP contribution in [-0.4, -0.2) is 155 Å². The van der Waals surface area contributed by atoms with E-state index in [2.05, 4.69) is 43.1 Å². The number of amides is 5. The number of carbonyl (C=O) groups is 7. The molecule has 22 nitrogen and oxygen atoms in total. The SMILES string of the molecule is COP(=O)(O)O[C@H](C)[C@H](CC(=O)[C@H](CO)NC(=O)[C@@H](CC(=O)[C@H](CC(C)C)NC(=O)[C@@H]1CCCN1C(=O)CCOCCOCCNC(=O)[C@@H](N)CS)Cc1cnc[nH]1)C(N)=O. The lowest BCUT2D eigenvalue weighted by molar-refractivity contribution is -0.140. The number of rotatable bonds is 31. The molecule has 1 aromatic heterocycles. The predicted octanol–water partition coefficient (Wildman–Crippen LogP) is -1.46. The number of Topliss-reactive ketones (excluding diaryl/α,β-unsaturated/α-hetero) is 2. The summed E-state index contributed by atoms with van der Waals surface area (Å²) in [4.78, 5) is 110. The van der Waals surface area contributed by atoms with E-state index in [-0.39, 0.29) is 75.7 Å². The van der Waals surface area contributed by atoms with Gasteiger partial charge in [-0.1, -0.05) is 13.8 Å². The Morgan fingerprint density at radius 3 is 2.28 bits per heavy atom. The topological polar surface area (TPSA) is 334 Å². The number of likely N-dealkylation sites (tertiary alicyclic amines) is 1. The van der Waals surface area contributed by atoms with Crippen LogP contribution in [0, 0.1) is 17.8 Å². The monoisotopic (exact) mass is 906 g/mol. The summed E-state index contributed by atoms with van der Waals surface area (Å²) in [5.74, 6) is -6.76. The third-order valence-corrected chi connectivity index (χ3v) is 11.3. The van der Waals surface area contributed by atoms with Crippen molar-refractivity contribution in [1.82, 2.24) is 30.8 Å². The summed E-state index contributed by atoms with van der Waals surface area (Å²) < 4.78 is 32.1. The molecule has 0 saturated carbocycles. The van der Waals surface area contributed by atoms with Crippen molar-refractivity contribution in [2.24, 2.45) is 29.2 Å². The van der Waals surface area contributed by atoms with Gasteiger partial charge in [-0.05, 0) is 32.1 Å². The van der Waals surface area contributed by atoms with E-state index in [1.54, 1.807) is 0 Å². The first kappa shape index (κ1) is 53.3. The Bertz CT molecular complexity index is 1640. The first-order valence-corrected chi connectivity index (χ1v) is 22.2. The summed E-state index contributed by atoms with van der Waals surface area (Å²) in [6.07, 6.45) is 1.48. The maximum atomic E-state index is 14.0. The maximum Gasteiger partial charge on any atom is 0.472 e. The number of primary amides is 1. The average molecular weight is 907 g/mol. The number of nitrogens with two attached hydrogens (primary N) is 2. The first-order chi connectivity index (χ1) is 28.8. The van der Waals surface area contributed by atoms with Gasteiger partial charge in [0, 0.05) is 57.1 Å². The number of nitrogens with zero attached hydrogens (tertiary/aromatic N) is 2. The molecule has 1 unspecified atom stereocenters. The van der Waals surface area contributed by atoms with Crippen LogP contribution in [-0.2, 0) is 63.1 Å². The van der Waals surface area contributed by atoms with Gasteiger partial charge in [0.2, 0.25) is 29.5 Å². The van der Waals surface area contributed by atoms with Crippen molar-refractivity contribution in [3.05, 3.63) is 18.2 Å². The van der Waals surface area contributed by atoms with Gasteiger partial charge < -0.3 is 56.8 Å². The zero-order chi connectivity index (χ0) is 45.7. The number of phosphoric acid groups is 1. The van der Waals surface area contributed by atoms with Crippen molar-refractivity contribution in [3.8, 4) is 0 Å². The summed E-state index contributed by atoms with van der Waals surface area (Å²) in [6.45, 7) is 5.40. The molecule has 1 aliphatic heterocycles. The summed E-state index contributed by atoms with van der Waals surface area (Å²) in [5, 5.41) is 18.0. The highest BCUT2D eigenvalue weighted by atomic mass is 32.1. The van der Waals surface area contributed by atoms with Crippen LogP contribution in [0.15, 0.2) is 12.5 Å². The Hall–Kier alpha value is -3.80. The van der Waals surface area contributed by atoms with Gasteiger partial charge in [0.15, 0.2) is 11.6 Å². The lowest BCUT2D eigenvalue weighted by Crippen LogP contribution is -2.52. The number of imidazole rings is 1. The van der Waals surface area contributed by atoms with E-state index < -0.39 is 98.7 Å². The molecule has 10 N–H and O–H groups in total. The van der Waals surface area contributed by atoms with Crippen LogP contribution in [0.4, 0.5) is 0 Å². The van der Waals surface area contributed by atoms with Gasteiger partial charge in [0.25, 0.3) is 0 Å². The smallest absolute Gasteiger partial charge is 0.394 e. The lowest BCUT2D eigenvalue weighted by atomic mass is 9.89. The quantitative estimate of drug-likeness (QED) is 0.0233. The van der Waals surface area contributed by atoms with Crippen molar-refractivity contribution in [3.63, 3.8) is 0 Å². The predicted molar refractivity (Wildman–Crippen MR) is 221 cm³/mol. The van der Waals surface area contributed by atoms with Crippen LogP contribution in [0.2, 0.25) is 0 Å². The van der Waals surface area contributed by atoms with Gasteiger partial charge >= 0.3 is 7.82 Å². The minimum atomic E-state index is -4.57. The fourth-order valence-corrected chi connectivity index (χ4v) is 7.26. The van der Waals surface area contributed by atoms with Crippen molar-refractivity contribution in [1.29, 1.82) is 0 Å². The normalized spacial score (nSPS) is 18.0. The van der Waals surface area contributed by atoms with Crippen LogP contribution >= 0.6 is 20.5 Å². The number of aromatic amines is 1. The van der Waals surface area contributed by atoms with E-state index in [1.165, 1.54) is 24.3 Å². The third-order valence-electron chi connectivity index (χ3n) is 9.81. The molecule has 1 aromatic rings. The number of ketones is 2. The highest BCUT2D eigenvalue weighted by Crippen LogP contribution is 2.44. The maximum absolute atomic E-state index is 14.0. The molecule has 2 heterocycles. The van der Waals surface area contributed by atoms with Gasteiger partial charge in [-0.3, -0.25) is 42.6 Å². The summed E-state index contributed by atoms with van der Waals surface area (Å²) in [5.41, 5.74) is 11.5. The van der Waals surface area contributed by atoms with Gasteiger partial charge in [-0.2, -0.15) is 12.6 Å². The average Bonchev–Trinajstić information content (AvgIpc) is 3.93. The Labute approximate surface area is 360 Å². The van der Waals surface area contributed by atoms with E-state index >= 15 is 0 Å². The Morgan fingerprint density at radius 1 is 1.02 bits per heavy atom. The Kier molecular flexibility index (Phi) is 23.9. The molecule has 0 radical (unpaired) electrons. The molecule has 61 heavy (non-hydrogen) atoms. The van der Waals surface area contributed by atoms with Crippen LogP contribution in [0.25, 0.3) is 0 Å². The van der Waals surface area contributed by atoms with Crippen LogP contribution in [0.3, 0.4) is 0 Å². The molecule has 0 spiro atoms. The number of aromatic nitrogens is 2. The second-order valence-electron chi connectivity index (χ2n) is 15.0. The van der Waals surface area contributed by atoms with Crippen LogP contribution < -0.4 is 27.4 Å². The Balaban J connectivity index is 2.06. The molecular weight excluding hydrogens is 843 g/mol. The van der Waals surface area contributed by atoms with Crippen molar-refractivity contribution >= 4 is 61.6 Å². The number of H-pyrrole nitrogens is 1. The number of aliphatic hydroxyl groups excluding tert-OH is 1. The van der Waals surface area contributed by atoms with Crippen LogP contribution in [0.1, 0.15) is 65.0 Å². The minimum Gasteiger partial charge on any atom is -0.394 e. The third kappa shape index (κ3) is 19.0. The number of hydrogen-bond donors (Lipinski definition) is 9. The van der Waals surface area contributed by atoms with Gasteiger partial charge in [-0.15, -0.1) is 0 Å². The molecule has 2 rings (SSSR count). The highest BCUT2D eigenvalue weighted by Gasteiger charge is 2.38. The van der Waals surface area contributed by atoms with Crippen molar-refractivity contribution in [2.75, 3.05) is 59.0 Å². The molecule has 1 fully saturated rings. The minimum absolute atomic E-state index is 0.00603. The number of phosphoric ester groups is 1. The number of carbonyl (C=O) groups excluding carboxylic acids is 7. The molecule has 24 heteroatoms. The molecule has 0 aromatic carbocycles. The second-order valence-corrected chi connectivity index (χ2v) is 16.9. The Morgan fingerprint density at radius 2 is 1.69 bits per heavy atom. The fourth-order valence-electron chi connectivity index (χ4n) is 6.44. The van der Waals surface area contributed by atoms with E-state index in [4.69, 9.17) is 25.5 Å². The van der Waals surface area contributed by atoms with Crippen LogP contribution in [0.5, 0.6) is 0 Å². The van der Waals surface area contributed by atoms with E-state index in [9.17, 15) is 48.1 Å². The fraction of sp³-hybridized carbons (Fsp3) is 0.730. The number of ether oxygens (including phenoxy) is 2. The van der Waals surface area contributed by atoms with E-state index in [1.807, 2.05) is 13.8 Å². The molecule has 1 saturated heterocycles. The molecule has 8 atom stereocenters. The van der Waals surface area contributed by atoms with Gasteiger partial charge in [0.05, 0.1) is 75.8 Å². The second kappa shape index (κ2) is 27.3. The van der Waals surface area contributed by atoms with Gasteiger partial charge in [-0.25, -0.2) is 9.55 Å². The number of nitrogens with one attached hydrogen (secondary N) is 4. The zero-order valence-corrected chi connectivity index (χ0v) is 36.9. The van der Waals surface area contributed by atoms with E-state index in [0.717, 1.165) is 7.11 Å². The molecule has 0 aliphatic carbocycles. The number of thiol groups is 1. The molecule has 5 amide bonds. The first-order valence-electron chi connectivity index (χ1n) is 20.0. The van der Waals surface area contributed by atoms with Gasteiger partial charge in [0.1, 0.15) is 12.1 Å². The molecule has 0 bridgehead atoms. The standard InChI is InChI=1S/C37H63N8O14PS/c1-22(2)14-28(43-37(53)30-6-5-9-45(30)33(49)7-10-57-12-13-58-11-8-41-36(52)27(38)20-61)31(47)16-24(15-25-18-40-21-42-25)35(51)44-29(19-46)32(48)17-26(34(39)50)23(3)59-60(54,55)56-4/h18,21-24,26-30,46,61H,5-17,19-20,38H2,1-4H3,(H2,39,50)(H,40,42)(H,41,52)(H,43,53)(H,44,51)(H,54,55)/t23-,24-,26+,27+,28+,29+,30+/m1/s1. The number of aliphatic hydroxyl groups is 1. The summed E-state index contributed by atoms with van der Waals surface area (Å²) in [6, 6.07) is -4.14. The molecule has 1 aliphatic rings. The molecule has 346 valence electrons. The largest absolute Gasteiger partial charge is 0.472 e. The highest BCUT2D eigenvalue weighted by molar-refractivity contribution is 7.80. The lowest BCUT2D eigenvalue weighted by Gasteiger charge is -2.28. The molecular formula is C37H63N8O14PS. The van der Waals surface area contributed by atoms with Crippen molar-refractivity contribution < 1.29 is 66.6 Å². The zero-order valence-electron chi connectivity index (χ0n) is 35.1. The van der Waals surface area contributed by atoms with E-state index in [0.29, 0.717) is 25.1 Å².